The van der Waals surface area contributed by atoms with Crippen molar-refractivity contribution in [1.82, 2.24) is 5.32 Å². The van der Waals surface area contributed by atoms with E-state index in [-0.39, 0.29) is 1.43 Å². The molecule has 1 heterocycles. The predicted octanol–water partition coefficient (Wildman–Crippen LogP) is 0.581. The molecule has 0 aromatic carbocycles. The van der Waals surface area contributed by atoms with Crippen LogP contribution in [-0.2, 0) is 0 Å². The van der Waals surface area contributed by atoms with Gasteiger partial charge in [-0.05, 0) is 33.0 Å². The molecule has 0 bridgehead atoms. The maximum Gasteiger partial charge on any atom is 0 e. The predicted molar refractivity (Wildman–Crippen MR) is 38.9 cm³/mol. The zero-order chi connectivity index (χ0) is 6.24. The fourth-order valence-corrected chi connectivity index (χ4v) is 0.802. The van der Waals surface area contributed by atoms with Crippen molar-refractivity contribution in [2.24, 2.45) is 5.73 Å². The third-order valence-corrected chi connectivity index (χ3v) is 1.21. The Morgan fingerprint density at radius 2 is 1.62 bits per heavy atom. The summed E-state index contributed by atoms with van der Waals surface area (Å²) in [5.74, 6) is 0. The van der Waals surface area contributed by atoms with Crippen molar-refractivity contribution in [3.8, 4) is 0 Å². The Morgan fingerprint density at radius 3 is 1.75 bits per heavy atom. The topological polar surface area (TPSA) is 38.0 Å². The van der Waals surface area contributed by atoms with Crippen molar-refractivity contribution in [3.63, 3.8) is 0 Å². The molecule has 0 aromatic rings. The Kier molecular flexibility index (Phi) is 6.85. The summed E-state index contributed by atoms with van der Waals surface area (Å²) in [7, 11) is 1.50. The number of hydrogen-bond donors (Lipinski definition) is 2. The quantitative estimate of drug-likeness (QED) is 0.488. The molecule has 0 saturated carbocycles. The van der Waals surface area contributed by atoms with E-state index in [2.05, 4.69) is 11.1 Å². The summed E-state index contributed by atoms with van der Waals surface area (Å²) in [4.78, 5) is 0. The molecule has 0 radical (unpaired) electrons. The highest BCUT2D eigenvalue weighted by Crippen LogP contribution is 1.96. The van der Waals surface area contributed by atoms with E-state index in [0.29, 0.717) is 0 Å². The van der Waals surface area contributed by atoms with Crippen LogP contribution in [-0.4, -0.2) is 20.1 Å². The maximum absolute atomic E-state index is 4.50. The Bertz CT molecular complexity index is 26.5. The Labute approximate surface area is 52.9 Å². The van der Waals surface area contributed by atoms with Crippen molar-refractivity contribution >= 4 is 0 Å². The minimum absolute atomic E-state index is 0. The van der Waals surface area contributed by atoms with Crippen LogP contribution in [0.25, 0.3) is 0 Å². The zero-order valence-electron chi connectivity index (χ0n) is 5.61. The monoisotopic (exact) mass is 118 g/mol. The third-order valence-electron chi connectivity index (χ3n) is 1.21. The van der Waals surface area contributed by atoms with Gasteiger partial charge in [0.05, 0.1) is 0 Å². The third kappa shape index (κ3) is 4.09. The van der Waals surface area contributed by atoms with E-state index in [1.54, 1.807) is 0 Å². The van der Waals surface area contributed by atoms with Crippen LogP contribution in [0.1, 0.15) is 20.7 Å². The van der Waals surface area contributed by atoms with Gasteiger partial charge in [0, 0.05) is 1.43 Å². The summed E-state index contributed by atoms with van der Waals surface area (Å²) in [6.07, 6.45) is 4.22. The van der Waals surface area contributed by atoms with Gasteiger partial charge in [0.15, 0.2) is 0 Å². The minimum Gasteiger partial charge on any atom is -0.333 e. The molecule has 0 aromatic heterocycles. The highest BCUT2D eigenvalue weighted by atomic mass is 14.9. The zero-order valence-corrected chi connectivity index (χ0v) is 5.61. The largest absolute Gasteiger partial charge is 0.333 e. The SMILES string of the molecule is C1CCNCC1.CN.[HH]. The summed E-state index contributed by atoms with van der Waals surface area (Å²) in [5.41, 5.74) is 4.50. The number of nitrogens with one attached hydrogen (secondary N) is 1. The van der Waals surface area contributed by atoms with Crippen LogP contribution in [0.5, 0.6) is 0 Å². The second-order valence-electron chi connectivity index (χ2n) is 1.81. The number of hydrogen-bond acceptors (Lipinski definition) is 2. The molecule has 2 nitrogen and oxygen atoms in total. The number of piperidine rings is 1. The van der Waals surface area contributed by atoms with Gasteiger partial charge in [-0.3, -0.25) is 0 Å². The second-order valence-corrected chi connectivity index (χ2v) is 1.81. The lowest BCUT2D eigenvalue weighted by Gasteiger charge is -2.08. The normalized spacial score (nSPS) is 18.8. The average Bonchev–Trinajstić information content (AvgIpc) is 1.96. The van der Waals surface area contributed by atoms with Gasteiger partial charge >= 0.3 is 0 Å². The van der Waals surface area contributed by atoms with Crippen molar-refractivity contribution in [1.29, 1.82) is 0 Å². The van der Waals surface area contributed by atoms with Gasteiger partial charge in [0.25, 0.3) is 0 Å². The standard InChI is InChI=1S/C5H11N.CH5N.H2/c1-2-4-6-5-3-1;1-2;/h6H,1-5H2;2H2,1H3;1H. The lowest BCUT2D eigenvalue weighted by Crippen LogP contribution is -2.21. The van der Waals surface area contributed by atoms with Crippen molar-refractivity contribution in [2.75, 3.05) is 20.1 Å². The first-order valence-electron chi connectivity index (χ1n) is 3.28. The average molecular weight is 118 g/mol. The summed E-state index contributed by atoms with van der Waals surface area (Å²) >= 11 is 0. The lowest BCUT2D eigenvalue weighted by molar-refractivity contribution is 0.520. The van der Waals surface area contributed by atoms with E-state index in [4.69, 9.17) is 0 Å². The Morgan fingerprint density at radius 1 is 1.12 bits per heavy atom. The highest BCUT2D eigenvalue weighted by molar-refractivity contribution is 4.55. The van der Waals surface area contributed by atoms with Gasteiger partial charge in [-0.25, -0.2) is 0 Å². The molecule has 0 atom stereocenters. The van der Waals surface area contributed by atoms with Crippen LogP contribution in [0.4, 0.5) is 0 Å². The van der Waals surface area contributed by atoms with Crippen LogP contribution >= 0.6 is 0 Å². The maximum atomic E-state index is 4.50. The van der Waals surface area contributed by atoms with Crippen LogP contribution < -0.4 is 11.1 Å². The fourth-order valence-electron chi connectivity index (χ4n) is 0.802. The van der Waals surface area contributed by atoms with Crippen molar-refractivity contribution < 1.29 is 1.43 Å². The van der Waals surface area contributed by atoms with E-state index in [0.717, 1.165) is 0 Å². The Hall–Kier alpha value is -0.0800. The smallest absolute Gasteiger partial charge is 0 e. The minimum atomic E-state index is 0. The van der Waals surface area contributed by atoms with E-state index in [1.807, 2.05) is 0 Å². The highest BCUT2D eigenvalue weighted by Gasteiger charge is 1.93. The molecular weight excluding hydrogens is 100 g/mol. The van der Waals surface area contributed by atoms with Gasteiger partial charge < -0.3 is 11.1 Å². The summed E-state index contributed by atoms with van der Waals surface area (Å²) in [6.45, 7) is 2.50. The molecule has 1 fully saturated rings. The van der Waals surface area contributed by atoms with Gasteiger partial charge in [-0.1, -0.05) is 6.42 Å². The van der Waals surface area contributed by atoms with Crippen molar-refractivity contribution in [3.05, 3.63) is 0 Å². The fraction of sp³-hybridized carbons (Fsp3) is 1.00. The molecule has 1 rings (SSSR count). The van der Waals surface area contributed by atoms with Crippen LogP contribution in [0, 0.1) is 0 Å². The van der Waals surface area contributed by atoms with E-state index in [1.165, 1.54) is 39.4 Å². The van der Waals surface area contributed by atoms with Gasteiger partial charge in [-0.2, -0.15) is 0 Å². The van der Waals surface area contributed by atoms with Crippen LogP contribution in [0.15, 0.2) is 0 Å². The van der Waals surface area contributed by atoms with E-state index < -0.39 is 0 Å². The molecule has 0 aliphatic carbocycles. The summed E-state index contributed by atoms with van der Waals surface area (Å²) in [6, 6.07) is 0. The van der Waals surface area contributed by atoms with Gasteiger partial charge in [-0.15, -0.1) is 0 Å². The molecule has 3 N–H and O–H groups in total. The second kappa shape index (κ2) is 6.92. The lowest BCUT2D eigenvalue weighted by atomic mass is 10.2. The molecule has 8 heavy (non-hydrogen) atoms. The number of rotatable bonds is 0. The van der Waals surface area contributed by atoms with Crippen LogP contribution in [0.3, 0.4) is 0 Å². The van der Waals surface area contributed by atoms with E-state index >= 15 is 0 Å². The first-order valence-corrected chi connectivity index (χ1v) is 3.28. The molecule has 2 heteroatoms. The molecule has 0 amide bonds. The number of nitrogens with two attached hydrogens (primary N) is 1. The first kappa shape index (κ1) is 7.92. The molecule has 1 aliphatic rings. The van der Waals surface area contributed by atoms with Crippen LogP contribution in [0.2, 0.25) is 0 Å². The first-order chi connectivity index (χ1) is 4.00. The molecule has 1 saturated heterocycles. The molecule has 52 valence electrons. The molecular formula is C6H18N2. The summed E-state index contributed by atoms with van der Waals surface area (Å²) in [5, 5.41) is 3.28. The Balaban J connectivity index is 0. The molecule has 1 aliphatic heterocycles. The van der Waals surface area contributed by atoms with Gasteiger partial charge in [0.1, 0.15) is 0 Å². The van der Waals surface area contributed by atoms with Crippen molar-refractivity contribution in [2.45, 2.75) is 19.3 Å². The molecule has 0 unspecified atom stereocenters. The summed E-state index contributed by atoms with van der Waals surface area (Å²) < 4.78 is 0. The van der Waals surface area contributed by atoms with E-state index in [9.17, 15) is 0 Å². The van der Waals surface area contributed by atoms with Gasteiger partial charge in [0.2, 0.25) is 0 Å². The molecule has 0 spiro atoms.